The van der Waals surface area contributed by atoms with Crippen LogP contribution in [0.1, 0.15) is 78.7 Å². The van der Waals surface area contributed by atoms with Crippen LogP contribution in [0.3, 0.4) is 0 Å². The molecule has 6 heterocycles. The fraction of sp³-hybridized carbons (Fsp3) is 0.134. The Morgan fingerprint density at radius 2 is 0.493 bits per heavy atom. The second kappa shape index (κ2) is 46.9. The van der Waals surface area contributed by atoms with Crippen molar-refractivity contribution < 1.29 is 62.5 Å². The summed E-state index contributed by atoms with van der Waals surface area (Å²) in [7, 11) is 23.4. The maximum Gasteiger partial charge on any atom is 0.368 e. The minimum Gasteiger partial charge on any atom is -0.497 e. The Morgan fingerprint density at radius 1 is 0.275 bits per heavy atom. The van der Waals surface area contributed by atoms with E-state index in [1.54, 1.807) is 37.5 Å². The van der Waals surface area contributed by atoms with Crippen molar-refractivity contribution in [2.24, 2.45) is 30.9 Å². The third-order valence-electron chi connectivity index (χ3n) is 21.9. The van der Waals surface area contributed by atoms with E-state index in [4.69, 9.17) is 39.0 Å². The van der Waals surface area contributed by atoms with E-state index in [0.717, 1.165) is 112 Å². The van der Waals surface area contributed by atoms with Gasteiger partial charge in [0.15, 0.2) is 0 Å². The lowest BCUT2D eigenvalue weighted by Crippen LogP contribution is -2.17. The fourth-order valence-electron chi connectivity index (χ4n) is 14.2. The molecule has 26 nitrogen and oxygen atoms in total. The molecule has 0 aliphatic carbocycles. The van der Waals surface area contributed by atoms with Crippen LogP contribution in [-0.4, -0.2) is 161 Å². The minimum atomic E-state index is -0.450. The number of ether oxygens (including phenoxy) is 1. The SMILES string of the molecule is CN(C)c1ccc(C=C2C(=O)ON=C2c2ccccc2)cc1.CN(C)c1ccc(C=C2C(=O)ON=C2c2ccccc2)cc1.CN(C)c1ccc(C=C2C(=O)ON=C2c2ccccc2)cc1.CN(CCC#N)c1ccc(C=C2C(=O)ON=C2c2ccccc2)cc1.COc1ccc(C2=NOC(=O)C2=Cc2ccc(N(C)C)cc2)cc1.Cc1cc(N(C)C)ccc1C=C1C(=O)ON=C1c1ccccc1. The quantitative estimate of drug-likeness (QED) is 0.0477. The predicted molar refractivity (Wildman–Crippen MR) is 547 cm³/mol. The van der Waals surface area contributed by atoms with Gasteiger partial charge in [-0.1, -0.05) is 249 Å². The van der Waals surface area contributed by atoms with Crippen molar-refractivity contribution in [3.63, 3.8) is 0 Å². The summed E-state index contributed by atoms with van der Waals surface area (Å²) in [5.41, 5.74) is 24.5. The van der Waals surface area contributed by atoms with Crippen LogP contribution in [-0.2, 0) is 57.8 Å². The van der Waals surface area contributed by atoms with E-state index in [1.165, 1.54) is 0 Å². The molecule has 0 amide bonds. The van der Waals surface area contributed by atoms with E-state index >= 15 is 0 Å². The van der Waals surface area contributed by atoms with Crippen LogP contribution < -0.4 is 34.1 Å². The first-order valence-electron chi connectivity index (χ1n) is 43.8. The normalized spacial score (nSPS) is 15.4. The summed E-state index contributed by atoms with van der Waals surface area (Å²) in [5.74, 6) is -1.83. The zero-order valence-electron chi connectivity index (χ0n) is 78.5. The third kappa shape index (κ3) is 25.6. The molecule has 0 saturated heterocycles. The summed E-state index contributed by atoms with van der Waals surface area (Å²) >= 11 is 0. The highest BCUT2D eigenvalue weighted by molar-refractivity contribution is 6.35. The Balaban J connectivity index is 0.000000140. The number of methoxy groups -OCH3 is 1. The van der Waals surface area contributed by atoms with Crippen molar-refractivity contribution in [1.82, 2.24) is 0 Å². The van der Waals surface area contributed by atoms with E-state index in [9.17, 15) is 28.8 Å². The minimum absolute atomic E-state index is 0.417. The van der Waals surface area contributed by atoms with Crippen LogP contribution in [0.25, 0.3) is 36.5 Å². The molecule has 138 heavy (non-hydrogen) atoms. The smallest absolute Gasteiger partial charge is 0.368 e. The third-order valence-corrected chi connectivity index (χ3v) is 21.9. The van der Waals surface area contributed by atoms with Gasteiger partial charge in [-0.05, 0) is 179 Å². The van der Waals surface area contributed by atoms with E-state index in [1.807, 2.05) is 429 Å². The number of anilines is 6. The van der Waals surface area contributed by atoms with Gasteiger partial charge < -0.3 is 63.2 Å². The lowest BCUT2D eigenvalue weighted by Gasteiger charge is -2.17. The average Bonchev–Trinajstić information content (AvgIpc) is 1.60. The number of benzene rings is 12. The summed E-state index contributed by atoms with van der Waals surface area (Å²) < 4.78 is 5.15. The van der Waals surface area contributed by atoms with Gasteiger partial charge in [-0.15, -0.1) is 0 Å². The van der Waals surface area contributed by atoms with Crippen molar-refractivity contribution in [3.05, 3.63) is 421 Å². The van der Waals surface area contributed by atoms with Crippen LogP contribution in [0.15, 0.2) is 380 Å². The Kier molecular flexibility index (Phi) is 33.1. The molecule has 0 aromatic heterocycles. The summed E-state index contributed by atoms with van der Waals surface area (Å²) in [4.78, 5) is 113. The molecule has 0 radical (unpaired) electrons. The number of hydrogen-bond donors (Lipinski definition) is 0. The fourth-order valence-corrected chi connectivity index (χ4v) is 14.2. The number of oxime groups is 6. The second-order valence-corrected chi connectivity index (χ2v) is 32.6. The Labute approximate surface area is 801 Å². The summed E-state index contributed by atoms with van der Waals surface area (Å²) in [6.45, 7) is 2.70. The monoisotopic (exact) mass is 1840 g/mol. The molecule has 0 atom stereocenters. The first-order valence-corrected chi connectivity index (χ1v) is 43.8. The molecule has 18 rings (SSSR count). The summed E-state index contributed by atoms with van der Waals surface area (Å²) in [6.07, 6.45) is 11.3. The maximum absolute atomic E-state index is 12.0. The molecule has 12 aromatic rings. The molecular weight excluding hydrogens is 1740 g/mol. The van der Waals surface area contributed by atoms with E-state index < -0.39 is 35.8 Å². The lowest BCUT2D eigenvalue weighted by molar-refractivity contribution is -0.137. The molecule has 0 bridgehead atoms. The van der Waals surface area contributed by atoms with Crippen molar-refractivity contribution >= 4 is 141 Å². The number of rotatable bonds is 21. The second-order valence-electron chi connectivity index (χ2n) is 32.6. The summed E-state index contributed by atoms with van der Waals surface area (Å²) in [5, 5.41) is 32.1. The first-order chi connectivity index (χ1) is 66.8. The van der Waals surface area contributed by atoms with Gasteiger partial charge in [0, 0.05) is 152 Å². The standard InChI is InChI=1S/C20H17N3O2.C19H18N2O3.C19H18N2O2.3C18H16N2O2/c1-23(13-5-12-21)17-10-8-15(9-11-17)14-18-19(22-25-20(18)24)16-6-3-2-4-7-16;1-21(2)15-8-4-13(5-9-15)12-17-18(20-24-19(17)22)14-6-10-16(23-3)11-7-14;1-13-11-16(21(2)3)10-9-15(13)12-17-18(20-23-19(17)22)14-7-5-4-6-8-14;3*1-20(2)15-10-8-13(9-11-15)12-16-17(19-22-18(16)21)14-6-4-3-5-7-14/h2-4,6-11,14H,5,13H2,1H3;4-12H,1-3H3;4-12H,1-3H3;3*3-12H,1-2H3. The Bertz CT molecular complexity index is 6530. The average molecular weight is 1840 g/mol. The lowest BCUT2D eigenvalue weighted by atomic mass is 9.98. The van der Waals surface area contributed by atoms with E-state index in [2.05, 4.69) is 43.1 Å². The topological polar surface area (TPSA) is 284 Å². The molecule has 0 spiro atoms. The first kappa shape index (κ1) is 97.5. The molecule has 0 saturated carbocycles. The van der Waals surface area contributed by atoms with Crippen LogP contribution >= 0.6 is 0 Å². The van der Waals surface area contributed by atoms with Crippen molar-refractivity contribution in [1.29, 1.82) is 5.26 Å². The molecule has 0 fully saturated rings. The summed E-state index contributed by atoms with van der Waals surface area (Å²) in [6, 6.07) is 103. The Morgan fingerprint density at radius 3 is 0.710 bits per heavy atom. The van der Waals surface area contributed by atoms with Crippen LogP contribution in [0.4, 0.5) is 34.1 Å². The highest BCUT2D eigenvalue weighted by atomic mass is 16.7. The van der Waals surface area contributed by atoms with Gasteiger partial charge in [-0.3, -0.25) is 0 Å². The van der Waals surface area contributed by atoms with Gasteiger partial charge in [0.25, 0.3) is 0 Å². The van der Waals surface area contributed by atoms with Gasteiger partial charge in [0.1, 0.15) is 40.0 Å². The van der Waals surface area contributed by atoms with Crippen LogP contribution in [0.5, 0.6) is 5.75 Å². The molecule has 6 aliphatic rings. The molecule has 6 aliphatic heterocycles. The highest BCUT2D eigenvalue weighted by Crippen LogP contribution is 2.32. The largest absolute Gasteiger partial charge is 0.497 e. The van der Waals surface area contributed by atoms with E-state index in [0.29, 0.717) is 80.7 Å². The van der Waals surface area contributed by atoms with Gasteiger partial charge in [0.2, 0.25) is 0 Å². The molecule has 692 valence electrons. The number of aryl methyl sites for hydroxylation is 1. The highest BCUT2D eigenvalue weighted by Gasteiger charge is 2.33. The molecule has 0 unspecified atom stereocenters. The maximum atomic E-state index is 12.0. The van der Waals surface area contributed by atoms with E-state index in [-0.39, 0.29) is 0 Å². The van der Waals surface area contributed by atoms with Crippen molar-refractivity contribution in [2.45, 2.75) is 13.3 Å². The van der Waals surface area contributed by atoms with Gasteiger partial charge in [0.05, 0.1) is 53.0 Å². The zero-order valence-corrected chi connectivity index (χ0v) is 78.5. The molecule has 0 N–H and O–H groups in total. The van der Waals surface area contributed by atoms with Crippen molar-refractivity contribution in [3.8, 4) is 11.8 Å². The number of hydrogen-bond acceptors (Lipinski definition) is 26. The molecule has 12 aromatic carbocycles. The molecular formula is C112H101N13O13. The number of nitriles is 1. The van der Waals surface area contributed by atoms with Gasteiger partial charge >= 0.3 is 35.8 Å². The number of carbonyl (C=O) groups excluding carboxylic acids is 6. The van der Waals surface area contributed by atoms with Crippen LogP contribution in [0, 0.1) is 18.3 Å². The predicted octanol–water partition coefficient (Wildman–Crippen LogP) is 19.2. The van der Waals surface area contributed by atoms with Gasteiger partial charge in [-0.2, -0.15) is 5.26 Å². The Hall–Kier alpha value is -18.0. The number of carbonyl (C=O) groups is 6. The van der Waals surface area contributed by atoms with Crippen LogP contribution in [0.2, 0.25) is 0 Å². The molecule has 26 heteroatoms. The van der Waals surface area contributed by atoms with Gasteiger partial charge in [-0.25, -0.2) is 28.8 Å². The van der Waals surface area contributed by atoms with Crippen molar-refractivity contribution in [2.75, 3.05) is 121 Å². The number of nitrogens with zero attached hydrogens (tertiary/aromatic N) is 13. The zero-order chi connectivity index (χ0) is 97.7.